The monoisotopic (exact) mass is 348 g/mol. The number of piperidine rings is 1. The van der Waals surface area contributed by atoms with Crippen LogP contribution in [0, 0.1) is 10.1 Å². The maximum Gasteiger partial charge on any atom is 0.419 e. The Morgan fingerprint density at radius 2 is 2.16 bits per heavy atom. The zero-order chi connectivity index (χ0) is 17.8. The van der Waals surface area contributed by atoms with Crippen molar-refractivity contribution < 1.29 is 14.1 Å². The standard InChI is InChI=1S/C16H20N4O5/c21-15(18-11-5-7-17-8-6-11)2-1-9-19-13-4-3-12(20(23)24)10-14(13)25-16(19)22/h3-4,10-11,17H,1-2,5-9H2,(H,18,21). The van der Waals surface area contributed by atoms with Crippen LogP contribution >= 0.6 is 0 Å². The number of nitrogens with one attached hydrogen (secondary N) is 2. The van der Waals surface area contributed by atoms with Crippen molar-refractivity contribution >= 4 is 22.7 Å². The predicted octanol–water partition coefficient (Wildman–Crippen LogP) is 1.15. The summed E-state index contributed by atoms with van der Waals surface area (Å²) in [6, 6.07) is 4.27. The van der Waals surface area contributed by atoms with Crippen LogP contribution in [-0.2, 0) is 11.3 Å². The molecular formula is C16H20N4O5. The van der Waals surface area contributed by atoms with E-state index in [2.05, 4.69) is 10.6 Å². The van der Waals surface area contributed by atoms with Crippen LogP contribution in [0.3, 0.4) is 0 Å². The molecule has 1 saturated heterocycles. The van der Waals surface area contributed by atoms with Crippen LogP contribution in [-0.4, -0.2) is 34.5 Å². The molecule has 0 atom stereocenters. The van der Waals surface area contributed by atoms with Crippen molar-refractivity contribution in [2.45, 2.75) is 38.3 Å². The second kappa shape index (κ2) is 7.47. The van der Waals surface area contributed by atoms with Gasteiger partial charge in [-0.3, -0.25) is 19.5 Å². The molecule has 1 aliphatic heterocycles. The average molecular weight is 348 g/mol. The Hall–Kier alpha value is -2.68. The Morgan fingerprint density at radius 1 is 1.40 bits per heavy atom. The predicted molar refractivity (Wildman–Crippen MR) is 90.4 cm³/mol. The molecule has 0 radical (unpaired) electrons. The zero-order valence-corrected chi connectivity index (χ0v) is 13.7. The maximum absolute atomic E-state index is 12.0. The lowest BCUT2D eigenvalue weighted by atomic mass is 10.1. The first kappa shape index (κ1) is 17.2. The van der Waals surface area contributed by atoms with E-state index in [1.54, 1.807) is 0 Å². The Morgan fingerprint density at radius 3 is 2.88 bits per heavy atom. The van der Waals surface area contributed by atoms with Crippen molar-refractivity contribution in [2.75, 3.05) is 13.1 Å². The second-order valence-electron chi connectivity index (χ2n) is 6.12. The van der Waals surface area contributed by atoms with Gasteiger partial charge in [0.15, 0.2) is 5.58 Å². The number of carbonyl (C=O) groups excluding carboxylic acids is 1. The topological polar surface area (TPSA) is 119 Å². The molecule has 0 bridgehead atoms. The highest BCUT2D eigenvalue weighted by Gasteiger charge is 2.16. The summed E-state index contributed by atoms with van der Waals surface area (Å²) in [6.07, 6.45) is 2.66. The van der Waals surface area contributed by atoms with E-state index >= 15 is 0 Å². The van der Waals surface area contributed by atoms with Gasteiger partial charge < -0.3 is 15.1 Å². The zero-order valence-electron chi connectivity index (χ0n) is 13.7. The fourth-order valence-corrected chi connectivity index (χ4v) is 3.04. The average Bonchev–Trinajstić information content (AvgIpc) is 2.90. The highest BCUT2D eigenvalue weighted by molar-refractivity contribution is 5.77. The van der Waals surface area contributed by atoms with Crippen molar-refractivity contribution in [3.8, 4) is 0 Å². The van der Waals surface area contributed by atoms with Gasteiger partial charge in [0.05, 0.1) is 16.5 Å². The number of nitro benzene ring substituents is 1. The molecule has 0 unspecified atom stereocenters. The van der Waals surface area contributed by atoms with Crippen molar-refractivity contribution in [3.05, 3.63) is 38.9 Å². The van der Waals surface area contributed by atoms with Gasteiger partial charge in [-0.1, -0.05) is 0 Å². The van der Waals surface area contributed by atoms with Gasteiger partial charge in [-0.15, -0.1) is 0 Å². The molecule has 134 valence electrons. The quantitative estimate of drug-likeness (QED) is 0.597. The number of hydrogen-bond acceptors (Lipinski definition) is 6. The molecule has 1 aromatic carbocycles. The van der Waals surface area contributed by atoms with Crippen molar-refractivity contribution in [2.24, 2.45) is 0 Å². The van der Waals surface area contributed by atoms with E-state index in [-0.39, 0.29) is 23.2 Å². The van der Waals surface area contributed by atoms with Gasteiger partial charge in [0.1, 0.15) is 0 Å². The number of benzene rings is 1. The first-order valence-corrected chi connectivity index (χ1v) is 8.32. The molecule has 0 aliphatic carbocycles. The molecule has 1 aliphatic rings. The van der Waals surface area contributed by atoms with Gasteiger partial charge in [0, 0.05) is 25.1 Å². The number of nitrogens with zero attached hydrogens (tertiary/aromatic N) is 2. The first-order valence-electron chi connectivity index (χ1n) is 8.32. The van der Waals surface area contributed by atoms with Gasteiger partial charge in [0.2, 0.25) is 5.91 Å². The minimum Gasteiger partial charge on any atom is -0.407 e. The molecule has 1 aromatic heterocycles. The van der Waals surface area contributed by atoms with E-state index in [4.69, 9.17) is 4.42 Å². The fraction of sp³-hybridized carbons (Fsp3) is 0.500. The van der Waals surface area contributed by atoms with Gasteiger partial charge in [-0.2, -0.15) is 0 Å². The fourth-order valence-electron chi connectivity index (χ4n) is 3.04. The molecule has 9 heteroatoms. The van der Waals surface area contributed by atoms with Crippen molar-refractivity contribution in [1.29, 1.82) is 0 Å². The number of nitro groups is 1. The summed E-state index contributed by atoms with van der Waals surface area (Å²) in [7, 11) is 0. The highest BCUT2D eigenvalue weighted by atomic mass is 16.6. The van der Waals surface area contributed by atoms with Crippen molar-refractivity contribution in [1.82, 2.24) is 15.2 Å². The molecule has 1 amide bonds. The summed E-state index contributed by atoms with van der Waals surface area (Å²) in [6.45, 7) is 2.14. The number of hydrogen-bond donors (Lipinski definition) is 2. The third-order valence-corrected chi connectivity index (χ3v) is 4.35. The molecule has 0 saturated carbocycles. The van der Waals surface area contributed by atoms with E-state index in [0.29, 0.717) is 24.9 Å². The molecule has 3 rings (SSSR count). The first-order chi connectivity index (χ1) is 12.0. The number of rotatable bonds is 6. The molecule has 25 heavy (non-hydrogen) atoms. The smallest absolute Gasteiger partial charge is 0.407 e. The van der Waals surface area contributed by atoms with Gasteiger partial charge in [-0.05, 0) is 38.4 Å². The second-order valence-corrected chi connectivity index (χ2v) is 6.12. The summed E-state index contributed by atoms with van der Waals surface area (Å²) in [5, 5.41) is 17.0. The number of aryl methyl sites for hydroxylation is 1. The minimum atomic E-state index is -0.575. The summed E-state index contributed by atoms with van der Waals surface area (Å²) in [5.74, 6) is -0.599. The molecule has 0 spiro atoms. The van der Waals surface area contributed by atoms with E-state index in [1.807, 2.05) is 0 Å². The maximum atomic E-state index is 12.0. The Balaban J connectivity index is 1.59. The Labute approximate surface area is 143 Å². The molecule has 2 N–H and O–H groups in total. The largest absolute Gasteiger partial charge is 0.419 e. The van der Waals surface area contributed by atoms with E-state index in [9.17, 15) is 19.7 Å². The summed E-state index contributed by atoms with van der Waals surface area (Å²) in [5.41, 5.74) is 0.544. The van der Waals surface area contributed by atoms with Crippen LogP contribution in [0.1, 0.15) is 25.7 Å². The summed E-state index contributed by atoms with van der Waals surface area (Å²) < 4.78 is 6.46. The van der Waals surface area contributed by atoms with Gasteiger partial charge >= 0.3 is 5.76 Å². The van der Waals surface area contributed by atoms with Crippen LogP contribution in [0.2, 0.25) is 0 Å². The Kier molecular flexibility index (Phi) is 5.13. The van der Waals surface area contributed by atoms with Crippen LogP contribution < -0.4 is 16.4 Å². The molecular weight excluding hydrogens is 328 g/mol. The van der Waals surface area contributed by atoms with E-state index in [0.717, 1.165) is 25.9 Å². The molecule has 1 fully saturated rings. The molecule has 2 heterocycles. The van der Waals surface area contributed by atoms with Crippen LogP contribution in [0.25, 0.3) is 11.1 Å². The summed E-state index contributed by atoms with van der Waals surface area (Å²) in [4.78, 5) is 34.2. The lowest BCUT2D eigenvalue weighted by Gasteiger charge is -2.23. The van der Waals surface area contributed by atoms with Gasteiger partial charge in [-0.25, -0.2) is 4.79 Å². The third-order valence-electron chi connectivity index (χ3n) is 4.35. The van der Waals surface area contributed by atoms with Gasteiger partial charge in [0.25, 0.3) is 5.69 Å². The Bertz CT molecular complexity index is 835. The third kappa shape index (κ3) is 4.05. The SMILES string of the molecule is O=C(CCCn1c(=O)oc2cc([N+](=O)[O-])ccc21)NC1CCNCC1. The molecule has 9 nitrogen and oxygen atoms in total. The number of oxazole rings is 1. The number of aromatic nitrogens is 1. The normalized spacial score (nSPS) is 15.4. The number of carbonyl (C=O) groups is 1. The lowest BCUT2D eigenvalue weighted by molar-refractivity contribution is -0.384. The lowest BCUT2D eigenvalue weighted by Crippen LogP contribution is -2.42. The number of fused-ring (bicyclic) bond motifs is 1. The minimum absolute atomic E-state index is 0.0246. The van der Waals surface area contributed by atoms with Crippen LogP contribution in [0.4, 0.5) is 5.69 Å². The highest BCUT2D eigenvalue weighted by Crippen LogP contribution is 2.20. The van der Waals surface area contributed by atoms with E-state index in [1.165, 1.54) is 22.8 Å². The van der Waals surface area contributed by atoms with Crippen LogP contribution in [0.5, 0.6) is 0 Å². The summed E-state index contributed by atoms with van der Waals surface area (Å²) >= 11 is 0. The van der Waals surface area contributed by atoms with E-state index < -0.39 is 10.7 Å². The number of non-ortho nitro benzene ring substituents is 1. The number of amides is 1. The van der Waals surface area contributed by atoms with Crippen LogP contribution in [0.15, 0.2) is 27.4 Å². The van der Waals surface area contributed by atoms with Crippen molar-refractivity contribution in [3.63, 3.8) is 0 Å². The molecule has 2 aromatic rings.